The lowest BCUT2D eigenvalue weighted by Crippen LogP contribution is -2.51. The summed E-state index contributed by atoms with van der Waals surface area (Å²) in [6, 6.07) is 8.25. The van der Waals surface area contributed by atoms with Gasteiger partial charge in [0.15, 0.2) is 0 Å². The van der Waals surface area contributed by atoms with Gasteiger partial charge in [-0.25, -0.2) is 4.99 Å². The first-order valence-corrected chi connectivity index (χ1v) is 6.76. The fraction of sp³-hybridized carbons (Fsp3) is 0.429. The molecule has 3 heterocycles. The highest BCUT2D eigenvalue weighted by molar-refractivity contribution is 6.15. The first-order chi connectivity index (χ1) is 9.43. The SMILES string of the molecule is c1ccc2c(c1)N=C(N1CCOCC1)N1CCN=C21. The molecule has 5 nitrogen and oxygen atoms in total. The van der Waals surface area contributed by atoms with E-state index in [1.165, 1.54) is 0 Å². The molecule has 0 bridgehead atoms. The zero-order chi connectivity index (χ0) is 12.7. The minimum Gasteiger partial charge on any atom is -0.378 e. The molecule has 0 aromatic heterocycles. The minimum atomic E-state index is 0.779. The maximum atomic E-state index is 5.43. The molecule has 4 rings (SSSR count). The molecule has 0 spiro atoms. The average molecular weight is 256 g/mol. The van der Waals surface area contributed by atoms with Crippen LogP contribution in [0.25, 0.3) is 0 Å². The third-order valence-electron chi connectivity index (χ3n) is 3.74. The van der Waals surface area contributed by atoms with Gasteiger partial charge in [-0.05, 0) is 12.1 Å². The van der Waals surface area contributed by atoms with E-state index in [0.717, 1.165) is 62.4 Å². The number of aliphatic imine (C=N–C) groups is 2. The molecular formula is C14H16N4O. The first kappa shape index (κ1) is 11.0. The van der Waals surface area contributed by atoms with Crippen molar-refractivity contribution >= 4 is 17.5 Å². The molecule has 0 aliphatic carbocycles. The first-order valence-electron chi connectivity index (χ1n) is 6.76. The normalized spacial score (nSPS) is 21.7. The number of guanidine groups is 1. The Balaban J connectivity index is 1.78. The van der Waals surface area contributed by atoms with Crippen LogP contribution in [0.2, 0.25) is 0 Å². The number of hydrogen-bond acceptors (Lipinski definition) is 5. The zero-order valence-corrected chi connectivity index (χ0v) is 10.7. The molecule has 0 radical (unpaired) electrons. The summed E-state index contributed by atoms with van der Waals surface area (Å²) in [6.45, 7) is 5.16. The van der Waals surface area contributed by atoms with E-state index in [1.807, 2.05) is 12.1 Å². The van der Waals surface area contributed by atoms with Crippen molar-refractivity contribution in [3.05, 3.63) is 29.8 Å². The van der Waals surface area contributed by atoms with Crippen molar-refractivity contribution in [2.24, 2.45) is 9.98 Å². The molecule has 1 aromatic rings. The Hall–Kier alpha value is -1.88. The molecule has 0 N–H and O–H groups in total. The van der Waals surface area contributed by atoms with E-state index in [9.17, 15) is 0 Å². The van der Waals surface area contributed by atoms with Crippen LogP contribution in [0.4, 0.5) is 5.69 Å². The molecule has 0 unspecified atom stereocenters. The van der Waals surface area contributed by atoms with Gasteiger partial charge in [0.2, 0.25) is 5.96 Å². The Morgan fingerprint density at radius 2 is 1.89 bits per heavy atom. The van der Waals surface area contributed by atoms with Gasteiger partial charge in [-0.1, -0.05) is 12.1 Å². The molecule has 19 heavy (non-hydrogen) atoms. The summed E-state index contributed by atoms with van der Waals surface area (Å²) in [5.41, 5.74) is 2.18. The molecule has 1 aromatic carbocycles. The summed E-state index contributed by atoms with van der Waals surface area (Å²) in [5.74, 6) is 2.12. The summed E-state index contributed by atoms with van der Waals surface area (Å²) in [4.78, 5) is 14.0. The van der Waals surface area contributed by atoms with Gasteiger partial charge in [0.1, 0.15) is 5.84 Å². The lowest BCUT2D eigenvalue weighted by molar-refractivity contribution is 0.0644. The molecule has 3 aliphatic heterocycles. The third kappa shape index (κ3) is 1.73. The number of amidine groups is 1. The Bertz CT molecular complexity index is 560. The van der Waals surface area contributed by atoms with Crippen molar-refractivity contribution in [1.82, 2.24) is 9.80 Å². The van der Waals surface area contributed by atoms with Gasteiger partial charge in [0, 0.05) is 25.2 Å². The summed E-state index contributed by atoms with van der Waals surface area (Å²) in [6.07, 6.45) is 0. The number of morpholine rings is 1. The standard InChI is InChI=1S/C14H16N4O/c1-2-4-12-11(3-1)13-15-5-6-18(13)14(16-12)17-7-9-19-10-8-17/h1-4H,5-10H2. The number of para-hydroxylation sites is 1. The average Bonchev–Trinajstić information content (AvgIpc) is 2.97. The highest BCUT2D eigenvalue weighted by Crippen LogP contribution is 2.29. The Morgan fingerprint density at radius 3 is 2.79 bits per heavy atom. The van der Waals surface area contributed by atoms with Crippen molar-refractivity contribution in [2.45, 2.75) is 0 Å². The predicted octanol–water partition coefficient (Wildman–Crippen LogP) is 1.08. The topological polar surface area (TPSA) is 40.4 Å². The second-order valence-corrected chi connectivity index (χ2v) is 4.89. The minimum absolute atomic E-state index is 0.779. The highest BCUT2D eigenvalue weighted by atomic mass is 16.5. The smallest absolute Gasteiger partial charge is 0.207 e. The van der Waals surface area contributed by atoms with Crippen molar-refractivity contribution < 1.29 is 4.74 Å². The summed E-state index contributed by atoms with van der Waals surface area (Å²) in [5, 5.41) is 0. The van der Waals surface area contributed by atoms with Crippen molar-refractivity contribution in [1.29, 1.82) is 0 Å². The largest absolute Gasteiger partial charge is 0.378 e. The maximum absolute atomic E-state index is 5.43. The second-order valence-electron chi connectivity index (χ2n) is 4.89. The summed E-state index contributed by atoms with van der Waals surface area (Å²) in [7, 11) is 0. The van der Waals surface area contributed by atoms with E-state index >= 15 is 0 Å². The van der Waals surface area contributed by atoms with Crippen LogP contribution in [0.1, 0.15) is 5.56 Å². The van der Waals surface area contributed by atoms with Gasteiger partial charge < -0.3 is 9.64 Å². The number of ether oxygens (including phenoxy) is 1. The Kier molecular flexibility index (Phi) is 2.51. The molecule has 98 valence electrons. The molecule has 1 fully saturated rings. The van der Waals surface area contributed by atoms with Crippen LogP contribution in [0, 0.1) is 0 Å². The van der Waals surface area contributed by atoms with Gasteiger partial charge in [-0.2, -0.15) is 0 Å². The molecule has 5 heteroatoms. The fourth-order valence-corrected chi connectivity index (χ4v) is 2.81. The van der Waals surface area contributed by atoms with Crippen LogP contribution in [0.15, 0.2) is 34.3 Å². The monoisotopic (exact) mass is 256 g/mol. The van der Waals surface area contributed by atoms with E-state index in [0.29, 0.717) is 0 Å². The van der Waals surface area contributed by atoms with Crippen LogP contribution in [0.3, 0.4) is 0 Å². The molecule has 0 atom stereocenters. The van der Waals surface area contributed by atoms with Gasteiger partial charge in [-0.15, -0.1) is 0 Å². The van der Waals surface area contributed by atoms with Crippen LogP contribution in [0.5, 0.6) is 0 Å². The lowest BCUT2D eigenvalue weighted by Gasteiger charge is -2.37. The van der Waals surface area contributed by atoms with Crippen LogP contribution in [-0.4, -0.2) is 61.0 Å². The molecule has 1 saturated heterocycles. The lowest BCUT2D eigenvalue weighted by atomic mass is 10.1. The number of nitrogens with zero attached hydrogens (tertiary/aromatic N) is 4. The molecular weight excluding hydrogens is 240 g/mol. The number of rotatable bonds is 0. The van der Waals surface area contributed by atoms with Crippen LogP contribution < -0.4 is 0 Å². The van der Waals surface area contributed by atoms with Crippen LogP contribution >= 0.6 is 0 Å². The van der Waals surface area contributed by atoms with Crippen molar-refractivity contribution in [2.75, 3.05) is 39.4 Å². The summed E-state index contributed by atoms with van der Waals surface area (Å²) < 4.78 is 5.43. The molecule has 3 aliphatic rings. The zero-order valence-electron chi connectivity index (χ0n) is 10.7. The summed E-state index contributed by atoms with van der Waals surface area (Å²) >= 11 is 0. The van der Waals surface area contributed by atoms with Crippen molar-refractivity contribution in [3.8, 4) is 0 Å². The third-order valence-corrected chi connectivity index (χ3v) is 3.74. The maximum Gasteiger partial charge on any atom is 0.207 e. The Labute approximate surface area is 112 Å². The van der Waals surface area contributed by atoms with Gasteiger partial charge in [0.05, 0.1) is 25.4 Å². The predicted molar refractivity (Wildman–Crippen MR) is 74.0 cm³/mol. The van der Waals surface area contributed by atoms with Crippen LogP contribution in [-0.2, 0) is 4.74 Å². The quantitative estimate of drug-likeness (QED) is 0.697. The fourth-order valence-electron chi connectivity index (χ4n) is 2.81. The number of fused-ring (bicyclic) bond motifs is 3. The van der Waals surface area contributed by atoms with E-state index in [2.05, 4.69) is 26.9 Å². The van der Waals surface area contributed by atoms with E-state index in [1.54, 1.807) is 0 Å². The molecule has 0 saturated carbocycles. The van der Waals surface area contributed by atoms with E-state index in [-0.39, 0.29) is 0 Å². The number of benzene rings is 1. The van der Waals surface area contributed by atoms with E-state index < -0.39 is 0 Å². The van der Waals surface area contributed by atoms with Gasteiger partial charge in [-0.3, -0.25) is 9.89 Å². The highest BCUT2D eigenvalue weighted by Gasteiger charge is 2.32. The molecule has 0 amide bonds. The van der Waals surface area contributed by atoms with Crippen molar-refractivity contribution in [3.63, 3.8) is 0 Å². The van der Waals surface area contributed by atoms with E-state index in [4.69, 9.17) is 9.73 Å². The second kappa shape index (κ2) is 4.35. The van der Waals surface area contributed by atoms with Gasteiger partial charge in [0.25, 0.3) is 0 Å². The Morgan fingerprint density at radius 1 is 1.05 bits per heavy atom. The number of hydrogen-bond donors (Lipinski definition) is 0. The van der Waals surface area contributed by atoms with Gasteiger partial charge >= 0.3 is 0 Å².